The summed E-state index contributed by atoms with van der Waals surface area (Å²) in [6.45, 7) is 15.1. The van der Waals surface area contributed by atoms with Crippen molar-refractivity contribution in [3.05, 3.63) is 12.2 Å². The fraction of sp³-hybridized carbons (Fsp3) is 0.850. The van der Waals surface area contributed by atoms with Gasteiger partial charge >= 0.3 is 0 Å². The Morgan fingerprint density at radius 3 is 2.73 bits per heavy atom. The molecule has 2 aliphatic heterocycles. The van der Waals surface area contributed by atoms with Gasteiger partial charge in [0.1, 0.15) is 12.2 Å². The number of halogens is 1. The minimum atomic E-state index is -0.00148. The summed E-state index contributed by atoms with van der Waals surface area (Å²) in [6.07, 6.45) is 3.79. The zero-order valence-electron chi connectivity index (χ0n) is 18.6. The van der Waals surface area contributed by atoms with Gasteiger partial charge in [0.25, 0.3) is 0 Å². The Hall–Kier alpha value is -0.980. The maximum Gasteiger partial charge on any atom is 0.191 e. The van der Waals surface area contributed by atoms with Crippen LogP contribution in [-0.2, 0) is 22.4 Å². The third-order valence-corrected chi connectivity index (χ3v) is 5.73. The van der Waals surface area contributed by atoms with Crippen molar-refractivity contribution in [2.75, 3.05) is 59.2 Å². The van der Waals surface area contributed by atoms with E-state index in [9.17, 15) is 0 Å². The molecule has 9 nitrogen and oxygen atoms in total. The molecule has 2 N–H and O–H groups in total. The van der Waals surface area contributed by atoms with Crippen LogP contribution in [-0.4, -0.2) is 90.3 Å². The largest absolute Gasteiger partial charge is 0.381 e. The quantitative estimate of drug-likeness (QED) is 0.279. The van der Waals surface area contributed by atoms with E-state index in [1.807, 2.05) is 0 Å². The highest BCUT2D eigenvalue weighted by Gasteiger charge is 2.28. The van der Waals surface area contributed by atoms with Gasteiger partial charge in [-0.25, -0.2) is 0 Å². The van der Waals surface area contributed by atoms with Crippen LogP contribution in [0.1, 0.15) is 33.0 Å². The van der Waals surface area contributed by atoms with E-state index in [1.54, 1.807) is 6.33 Å². The summed E-state index contributed by atoms with van der Waals surface area (Å²) in [5.74, 6) is 2.43. The maximum absolute atomic E-state index is 5.50. The highest BCUT2D eigenvalue weighted by Crippen LogP contribution is 2.16. The first-order chi connectivity index (χ1) is 14.1. The van der Waals surface area contributed by atoms with Crippen molar-refractivity contribution in [3.63, 3.8) is 0 Å². The van der Waals surface area contributed by atoms with Gasteiger partial charge in [-0.3, -0.25) is 9.89 Å². The van der Waals surface area contributed by atoms with Crippen molar-refractivity contribution in [2.45, 2.75) is 45.7 Å². The third kappa shape index (κ3) is 7.61. The highest BCUT2D eigenvalue weighted by atomic mass is 127. The Labute approximate surface area is 197 Å². The Morgan fingerprint density at radius 1 is 1.23 bits per heavy atom. The minimum Gasteiger partial charge on any atom is -0.381 e. The van der Waals surface area contributed by atoms with Gasteiger partial charge < -0.3 is 24.7 Å². The number of hydrogen-bond donors (Lipinski definition) is 2. The maximum atomic E-state index is 5.50. The number of guanidine groups is 1. The summed E-state index contributed by atoms with van der Waals surface area (Å²) < 4.78 is 13.1. The number of ether oxygens (including phenoxy) is 2. The summed E-state index contributed by atoms with van der Waals surface area (Å²) >= 11 is 0. The van der Waals surface area contributed by atoms with E-state index >= 15 is 0 Å². The minimum absolute atomic E-state index is 0. The van der Waals surface area contributed by atoms with E-state index in [0.717, 1.165) is 90.3 Å². The van der Waals surface area contributed by atoms with E-state index in [4.69, 9.17) is 14.5 Å². The molecule has 172 valence electrons. The SMILES string of the molecule is CCc1nncn1CCNC(=NCC(C)(C)N1CCOCC1)NCC1CCOC1.I. The van der Waals surface area contributed by atoms with Crippen LogP contribution in [0.5, 0.6) is 0 Å². The number of hydrogen-bond acceptors (Lipinski definition) is 6. The number of aryl methyl sites for hydroxylation is 1. The second-order valence-electron chi connectivity index (χ2n) is 8.41. The second-order valence-corrected chi connectivity index (χ2v) is 8.41. The average Bonchev–Trinajstić information content (AvgIpc) is 3.42. The molecule has 2 fully saturated rings. The Kier molecular flexibility index (Phi) is 10.8. The topological polar surface area (TPSA) is 88.8 Å². The van der Waals surface area contributed by atoms with Crippen molar-refractivity contribution in [1.82, 2.24) is 30.3 Å². The van der Waals surface area contributed by atoms with Crippen LogP contribution in [0.3, 0.4) is 0 Å². The average molecular weight is 535 g/mol. The molecule has 1 atom stereocenters. The number of aromatic nitrogens is 3. The molecule has 0 aromatic carbocycles. The number of aliphatic imine (C=N–C) groups is 1. The zero-order valence-corrected chi connectivity index (χ0v) is 20.9. The number of nitrogens with one attached hydrogen (secondary N) is 2. The summed E-state index contributed by atoms with van der Waals surface area (Å²) in [6, 6.07) is 0. The van der Waals surface area contributed by atoms with Crippen LogP contribution < -0.4 is 10.6 Å². The predicted octanol–water partition coefficient (Wildman–Crippen LogP) is 1.14. The fourth-order valence-corrected chi connectivity index (χ4v) is 3.74. The van der Waals surface area contributed by atoms with Crippen molar-refractivity contribution >= 4 is 29.9 Å². The van der Waals surface area contributed by atoms with E-state index in [2.05, 4.69) is 51.1 Å². The van der Waals surface area contributed by atoms with Crippen LogP contribution in [0.15, 0.2) is 11.3 Å². The van der Waals surface area contributed by atoms with Crippen molar-refractivity contribution < 1.29 is 9.47 Å². The molecule has 1 aromatic rings. The van der Waals surface area contributed by atoms with Gasteiger partial charge in [0, 0.05) is 57.2 Å². The Morgan fingerprint density at radius 2 is 2.03 bits per heavy atom. The summed E-state index contributed by atoms with van der Waals surface area (Å²) in [5.41, 5.74) is -0.00148. The van der Waals surface area contributed by atoms with Gasteiger partial charge in [0.15, 0.2) is 5.96 Å². The summed E-state index contributed by atoms with van der Waals surface area (Å²) in [5, 5.41) is 15.2. The molecule has 2 saturated heterocycles. The summed E-state index contributed by atoms with van der Waals surface area (Å²) in [7, 11) is 0. The van der Waals surface area contributed by atoms with Gasteiger partial charge in [0.05, 0.1) is 26.4 Å². The molecule has 0 spiro atoms. The van der Waals surface area contributed by atoms with Gasteiger partial charge in [-0.05, 0) is 20.3 Å². The first kappa shape index (κ1) is 25.3. The monoisotopic (exact) mass is 535 g/mol. The lowest BCUT2D eigenvalue weighted by Gasteiger charge is -2.40. The van der Waals surface area contributed by atoms with Crippen LogP contribution in [0.4, 0.5) is 0 Å². The molecular weight excluding hydrogens is 497 g/mol. The molecular formula is C20H38IN7O2. The molecule has 0 bridgehead atoms. The van der Waals surface area contributed by atoms with Crippen LogP contribution in [0.25, 0.3) is 0 Å². The molecule has 0 amide bonds. The fourth-order valence-electron chi connectivity index (χ4n) is 3.74. The van der Waals surface area contributed by atoms with E-state index in [1.165, 1.54) is 0 Å². The lowest BCUT2D eigenvalue weighted by Crippen LogP contribution is -2.52. The molecule has 1 unspecified atom stereocenters. The van der Waals surface area contributed by atoms with Crippen LogP contribution >= 0.6 is 24.0 Å². The Bertz CT molecular complexity index is 641. The van der Waals surface area contributed by atoms with E-state index in [-0.39, 0.29) is 29.5 Å². The molecule has 10 heteroatoms. The van der Waals surface area contributed by atoms with Crippen molar-refractivity contribution in [3.8, 4) is 0 Å². The first-order valence-electron chi connectivity index (χ1n) is 10.9. The third-order valence-electron chi connectivity index (χ3n) is 5.73. The first-order valence-corrected chi connectivity index (χ1v) is 10.9. The second kappa shape index (κ2) is 12.8. The smallest absolute Gasteiger partial charge is 0.191 e. The van der Waals surface area contributed by atoms with Crippen molar-refractivity contribution in [2.24, 2.45) is 10.9 Å². The van der Waals surface area contributed by atoms with Gasteiger partial charge in [-0.2, -0.15) is 0 Å². The molecule has 1 aromatic heterocycles. The molecule has 3 rings (SSSR count). The number of rotatable bonds is 9. The normalized spacial score (nSPS) is 20.8. The molecule has 3 heterocycles. The van der Waals surface area contributed by atoms with E-state index in [0.29, 0.717) is 5.92 Å². The standard InChI is InChI=1S/C20H37N7O2.HI/c1-4-18-25-24-16-26(18)7-6-21-19(22-13-17-5-10-29-14-17)23-15-20(2,3)27-8-11-28-12-9-27;/h16-17H,4-15H2,1-3H3,(H2,21,22,23);1H. The summed E-state index contributed by atoms with van der Waals surface area (Å²) in [4.78, 5) is 7.39. The lowest BCUT2D eigenvalue weighted by molar-refractivity contribution is -0.00684. The van der Waals surface area contributed by atoms with Crippen molar-refractivity contribution in [1.29, 1.82) is 0 Å². The molecule has 0 saturated carbocycles. The molecule has 0 radical (unpaired) electrons. The molecule has 0 aliphatic carbocycles. The van der Waals surface area contributed by atoms with Crippen LogP contribution in [0, 0.1) is 5.92 Å². The molecule has 30 heavy (non-hydrogen) atoms. The molecule has 2 aliphatic rings. The Balaban J connectivity index is 0.00000320. The zero-order chi connectivity index (χ0) is 20.5. The predicted molar refractivity (Wildman–Crippen MR) is 129 cm³/mol. The van der Waals surface area contributed by atoms with Gasteiger partial charge in [-0.1, -0.05) is 6.92 Å². The van der Waals surface area contributed by atoms with Crippen LogP contribution in [0.2, 0.25) is 0 Å². The lowest BCUT2D eigenvalue weighted by atomic mass is 10.0. The van der Waals surface area contributed by atoms with E-state index < -0.39 is 0 Å². The van der Waals surface area contributed by atoms with Gasteiger partial charge in [-0.15, -0.1) is 34.2 Å². The highest BCUT2D eigenvalue weighted by molar-refractivity contribution is 14.0. The number of nitrogens with zero attached hydrogens (tertiary/aromatic N) is 5. The van der Waals surface area contributed by atoms with Gasteiger partial charge in [0.2, 0.25) is 0 Å². The number of morpholine rings is 1.